The SMILES string of the molecule is Cc1cc(C)cc(N2c3cc(C4CCCCC4)ccc3B3c4ccc(C5CCCCC5)cc4N(c4cc(C)cc(C)c4)c4cccc2c43)c1. The summed E-state index contributed by atoms with van der Waals surface area (Å²) in [6.45, 7) is 9.15. The van der Waals surface area contributed by atoms with E-state index in [2.05, 4.69) is 128 Å². The minimum atomic E-state index is 0.182. The summed E-state index contributed by atoms with van der Waals surface area (Å²) in [6, 6.07) is 36.4. The van der Waals surface area contributed by atoms with Crippen molar-refractivity contribution < 1.29 is 0 Å². The second kappa shape index (κ2) is 12.3. The Bertz CT molecular complexity index is 1880. The van der Waals surface area contributed by atoms with E-state index in [1.165, 1.54) is 148 Å². The third kappa shape index (κ3) is 5.32. The van der Waals surface area contributed by atoms with Gasteiger partial charge in [-0.1, -0.05) is 81.0 Å². The van der Waals surface area contributed by atoms with E-state index in [0.717, 1.165) is 0 Å². The minimum absolute atomic E-state index is 0.182. The van der Waals surface area contributed by atoms with Crippen molar-refractivity contribution in [1.82, 2.24) is 0 Å². The second-order valence-corrected chi connectivity index (χ2v) is 15.8. The van der Waals surface area contributed by atoms with Gasteiger partial charge in [-0.15, -0.1) is 0 Å². The first-order valence-electron chi connectivity index (χ1n) is 19.1. The predicted octanol–water partition coefficient (Wildman–Crippen LogP) is 11.1. The van der Waals surface area contributed by atoms with Crippen LogP contribution in [0.15, 0.2) is 91.0 Å². The monoisotopic (exact) mass is 640 g/mol. The first-order chi connectivity index (χ1) is 23.9. The molecule has 2 fully saturated rings. The van der Waals surface area contributed by atoms with Gasteiger partial charge < -0.3 is 9.80 Å². The fraction of sp³-hybridized carbons (Fsp3) is 0.348. The van der Waals surface area contributed by atoms with Crippen molar-refractivity contribution in [2.45, 2.75) is 104 Å². The van der Waals surface area contributed by atoms with Crippen LogP contribution in [0.5, 0.6) is 0 Å². The summed E-state index contributed by atoms with van der Waals surface area (Å²) < 4.78 is 0. The first-order valence-corrected chi connectivity index (χ1v) is 19.1. The van der Waals surface area contributed by atoms with Crippen LogP contribution in [-0.2, 0) is 0 Å². The lowest BCUT2D eigenvalue weighted by atomic mass is 9.33. The van der Waals surface area contributed by atoms with Crippen molar-refractivity contribution in [3.8, 4) is 0 Å². The summed E-state index contributed by atoms with van der Waals surface area (Å²) in [5.41, 5.74) is 20.5. The lowest BCUT2D eigenvalue weighted by Crippen LogP contribution is -2.61. The zero-order valence-corrected chi connectivity index (χ0v) is 29.9. The van der Waals surface area contributed by atoms with Crippen molar-refractivity contribution >= 4 is 57.2 Å². The molecule has 0 saturated heterocycles. The number of hydrogen-bond donors (Lipinski definition) is 0. The molecule has 0 spiro atoms. The third-order valence-electron chi connectivity index (χ3n) is 12.1. The Kier molecular flexibility index (Phi) is 7.71. The Balaban J connectivity index is 1.31. The van der Waals surface area contributed by atoms with E-state index >= 15 is 0 Å². The maximum Gasteiger partial charge on any atom is 0.252 e. The largest absolute Gasteiger partial charge is 0.311 e. The molecule has 0 atom stereocenters. The molecule has 2 saturated carbocycles. The van der Waals surface area contributed by atoms with Gasteiger partial charge in [0.25, 0.3) is 6.71 Å². The Labute approximate surface area is 294 Å². The van der Waals surface area contributed by atoms with Gasteiger partial charge in [-0.2, -0.15) is 0 Å². The standard InChI is InChI=1S/C46H49BN2/c1-30-22-31(2)25-38(24-30)48-42-16-11-17-43-46(42)47(40-20-18-36(28-44(40)48)34-12-7-5-8-13-34)41-21-19-37(35-14-9-6-10-15-35)29-45(41)49(43)39-26-32(3)23-33(4)27-39/h11,16-29,34-35H,5-10,12-15H2,1-4H3. The van der Waals surface area contributed by atoms with Crippen molar-refractivity contribution in [3.05, 3.63) is 124 Å². The summed E-state index contributed by atoms with van der Waals surface area (Å²) in [4.78, 5) is 5.22. The van der Waals surface area contributed by atoms with E-state index in [4.69, 9.17) is 0 Å². The summed E-state index contributed by atoms with van der Waals surface area (Å²) in [5, 5.41) is 0. The molecular weight excluding hydrogens is 591 g/mol. The number of rotatable bonds is 4. The number of benzene rings is 5. The molecule has 2 aliphatic carbocycles. The molecule has 0 amide bonds. The Morgan fingerprint density at radius 2 is 0.857 bits per heavy atom. The van der Waals surface area contributed by atoms with Crippen LogP contribution in [0.4, 0.5) is 34.1 Å². The zero-order valence-electron chi connectivity index (χ0n) is 29.9. The molecule has 5 aromatic carbocycles. The minimum Gasteiger partial charge on any atom is -0.311 e. The van der Waals surface area contributed by atoms with E-state index in [1.54, 1.807) is 0 Å². The van der Waals surface area contributed by atoms with Crippen molar-refractivity contribution in [2.24, 2.45) is 0 Å². The molecule has 2 nitrogen and oxygen atoms in total. The molecule has 4 aliphatic rings. The van der Waals surface area contributed by atoms with Gasteiger partial charge >= 0.3 is 0 Å². The molecule has 3 heteroatoms. The molecule has 0 unspecified atom stereocenters. The van der Waals surface area contributed by atoms with Crippen LogP contribution in [-0.4, -0.2) is 6.71 Å². The van der Waals surface area contributed by atoms with Gasteiger partial charge in [0, 0.05) is 34.1 Å². The van der Waals surface area contributed by atoms with Crippen molar-refractivity contribution in [3.63, 3.8) is 0 Å². The lowest BCUT2D eigenvalue weighted by molar-refractivity contribution is 0.444. The van der Waals surface area contributed by atoms with Gasteiger partial charge in [0.2, 0.25) is 0 Å². The van der Waals surface area contributed by atoms with Gasteiger partial charge in [-0.25, -0.2) is 0 Å². The molecule has 0 aromatic heterocycles. The van der Waals surface area contributed by atoms with Gasteiger partial charge in [-0.05, 0) is 164 Å². The molecule has 2 heterocycles. The highest BCUT2D eigenvalue weighted by atomic mass is 15.2. The number of anilines is 6. The summed E-state index contributed by atoms with van der Waals surface area (Å²) in [5.74, 6) is 1.31. The zero-order chi connectivity index (χ0) is 33.2. The van der Waals surface area contributed by atoms with E-state index in [9.17, 15) is 0 Å². The van der Waals surface area contributed by atoms with E-state index in [0.29, 0.717) is 11.8 Å². The van der Waals surface area contributed by atoms with E-state index in [1.807, 2.05) is 0 Å². The molecule has 246 valence electrons. The quantitative estimate of drug-likeness (QED) is 0.177. The van der Waals surface area contributed by atoms with Crippen molar-refractivity contribution in [1.29, 1.82) is 0 Å². The predicted molar refractivity (Wildman–Crippen MR) is 211 cm³/mol. The normalized spacial score (nSPS) is 17.5. The van der Waals surface area contributed by atoms with Gasteiger partial charge in [0.05, 0.1) is 0 Å². The second-order valence-electron chi connectivity index (χ2n) is 15.8. The van der Waals surface area contributed by atoms with Crippen LogP contribution in [0.1, 0.15) is 109 Å². The molecule has 0 bridgehead atoms. The Morgan fingerprint density at radius 1 is 0.449 bits per heavy atom. The fourth-order valence-corrected chi connectivity index (χ4v) is 10.1. The maximum absolute atomic E-state index is 2.61. The van der Waals surface area contributed by atoms with Crippen LogP contribution >= 0.6 is 0 Å². The summed E-state index contributed by atoms with van der Waals surface area (Å²) >= 11 is 0. The smallest absolute Gasteiger partial charge is 0.252 e. The van der Waals surface area contributed by atoms with Crippen molar-refractivity contribution in [2.75, 3.05) is 9.80 Å². The highest BCUT2D eigenvalue weighted by Gasteiger charge is 2.43. The number of nitrogens with zero attached hydrogens (tertiary/aromatic N) is 2. The Hall–Kier alpha value is -4.24. The highest BCUT2D eigenvalue weighted by molar-refractivity contribution is 7.00. The first kappa shape index (κ1) is 30.8. The third-order valence-corrected chi connectivity index (χ3v) is 12.1. The number of fused-ring (bicyclic) bond motifs is 4. The molecular formula is C46H49BN2. The highest BCUT2D eigenvalue weighted by Crippen LogP contribution is 2.46. The van der Waals surface area contributed by atoms with E-state index < -0.39 is 0 Å². The summed E-state index contributed by atoms with van der Waals surface area (Å²) in [6.07, 6.45) is 13.4. The number of hydrogen-bond acceptors (Lipinski definition) is 2. The average molecular weight is 641 g/mol. The Morgan fingerprint density at radius 3 is 1.27 bits per heavy atom. The summed E-state index contributed by atoms with van der Waals surface area (Å²) in [7, 11) is 0. The van der Waals surface area contributed by atoms with Gasteiger partial charge in [-0.3, -0.25) is 0 Å². The fourth-order valence-electron chi connectivity index (χ4n) is 10.1. The number of aryl methyl sites for hydroxylation is 4. The van der Waals surface area contributed by atoms with Crippen LogP contribution in [0.2, 0.25) is 0 Å². The average Bonchev–Trinajstić information content (AvgIpc) is 3.11. The van der Waals surface area contributed by atoms with Crippen LogP contribution in [0, 0.1) is 27.7 Å². The molecule has 0 radical (unpaired) electrons. The lowest BCUT2D eigenvalue weighted by Gasteiger charge is -2.44. The maximum atomic E-state index is 2.61. The van der Waals surface area contributed by atoms with Crippen LogP contribution < -0.4 is 26.2 Å². The molecule has 49 heavy (non-hydrogen) atoms. The molecule has 9 rings (SSSR count). The van der Waals surface area contributed by atoms with Gasteiger partial charge in [0.15, 0.2) is 0 Å². The topological polar surface area (TPSA) is 6.48 Å². The molecule has 5 aromatic rings. The molecule has 2 aliphatic heterocycles. The molecule has 0 N–H and O–H groups in total. The van der Waals surface area contributed by atoms with E-state index in [-0.39, 0.29) is 6.71 Å². The van der Waals surface area contributed by atoms with Crippen LogP contribution in [0.25, 0.3) is 0 Å². The van der Waals surface area contributed by atoms with Crippen LogP contribution in [0.3, 0.4) is 0 Å². The van der Waals surface area contributed by atoms with Gasteiger partial charge in [0.1, 0.15) is 0 Å².